The smallest absolute Gasteiger partial charge is 0.178 e. The number of Topliss-reactive ketones (excluding diaryl/α,β-unsaturated/α-hetero) is 1. The number of nitrogens with one attached hydrogen (secondary N) is 1. The fourth-order valence-electron chi connectivity index (χ4n) is 3.04. The lowest BCUT2D eigenvalue weighted by molar-refractivity contribution is 0.0995. The van der Waals surface area contributed by atoms with E-state index in [4.69, 9.17) is 0 Å². The van der Waals surface area contributed by atoms with Crippen molar-refractivity contribution in [3.8, 4) is 6.07 Å². The van der Waals surface area contributed by atoms with Crippen LogP contribution in [0, 0.1) is 32.1 Å². The zero-order valence-corrected chi connectivity index (χ0v) is 15.5. The Labute approximate surface area is 151 Å². The summed E-state index contributed by atoms with van der Waals surface area (Å²) >= 11 is 1.35. The lowest BCUT2D eigenvalue weighted by atomic mass is 10.1. The maximum absolute atomic E-state index is 13.1. The predicted molar refractivity (Wildman–Crippen MR) is 101 cm³/mol. The minimum Gasteiger partial charge on any atom is -0.358 e. The van der Waals surface area contributed by atoms with Gasteiger partial charge in [-0.2, -0.15) is 5.26 Å². The molecule has 3 rings (SSSR count). The van der Waals surface area contributed by atoms with E-state index in [-0.39, 0.29) is 11.0 Å². The lowest BCUT2D eigenvalue weighted by Gasteiger charge is -2.13. The predicted octanol–water partition coefficient (Wildman–Crippen LogP) is 4.72. The van der Waals surface area contributed by atoms with Crippen molar-refractivity contribution in [2.24, 2.45) is 0 Å². The molecule has 0 aliphatic rings. The third kappa shape index (κ3) is 3.18. The van der Waals surface area contributed by atoms with Gasteiger partial charge >= 0.3 is 0 Å². The number of pyridine rings is 1. The Kier molecular flexibility index (Phi) is 4.65. The minimum absolute atomic E-state index is 0.0461. The highest BCUT2D eigenvalue weighted by atomic mass is 32.2. The maximum atomic E-state index is 13.1. The maximum Gasteiger partial charge on any atom is 0.178 e. The molecule has 2 heterocycles. The molecule has 3 aromatic rings. The Morgan fingerprint density at radius 3 is 2.72 bits per heavy atom. The van der Waals surface area contributed by atoms with E-state index < -0.39 is 0 Å². The largest absolute Gasteiger partial charge is 0.358 e. The number of rotatable bonds is 4. The number of ketones is 1. The van der Waals surface area contributed by atoms with Crippen molar-refractivity contribution < 1.29 is 4.79 Å². The van der Waals surface area contributed by atoms with Crippen LogP contribution in [0.2, 0.25) is 0 Å². The van der Waals surface area contributed by atoms with E-state index in [1.54, 1.807) is 0 Å². The van der Waals surface area contributed by atoms with E-state index in [2.05, 4.69) is 16.0 Å². The Morgan fingerprint density at radius 2 is 2.00 bits per heavy atom. The molecule has 25 heavy (non-hydrogen) atoms. The summed E-state index contributed by atoms with van der Waals surface area (Å²) < 4.78 is 0. The minimum atomic E-state index is -0.335. The summed E-state index contributed by atoms with van der Waals surface area (Å²) in [4.78, 5) is 20.8. The number of benzene rings is 1. The van der Waals surface area contributed by atoms with E-state index in [1.807, 2.05) is 58.0 Å². The van der Waals surface area contributed by atoms with Gasteiger partial charge in [0, 0.05) is 27.9 Å². The van der Waals surface area contributed by atoms with Gasteiger partial charge in [-0.3, -0.25) is 4.79 Å². The summed E-state index contributed by atoms with van der Waals surface area (Å²) in [6.07, 6.45) is 0. The quantitative estimate of drug-likeness (QED) is 0.546. The highest BCUT2D eigenvalue weighted by Gasteiger charge is 2.24. The van der Waals surface area contributed by atoms with Gasteiger partial charge in [0.2, 0.25) is 0 Å². The van der Waals surface area contributed by atoms with Crippen LogP contribution in [0.5, 0.6) is 0 Å². The van der Waals surface area contributed by atoms with E-state index in [0.717, 1.165) is 33.4 Å². The summed E-state index contributed by atoms with van der Waals surface area (Å²) in [6.45, 7) is 7.58. The molecule has 1 unspecified atom stereocenters. The molecule has 1 N–H and O–H groups in total. The number of aromatic nitrogens is 2. The topological polar surface area (TPSA) is 69.5 Å². The van der Waals surface area contributed by atoms with Crippen LogP contribution in [0.25, 0.3) is 10.9 Å². The summed E-state index contributed by atoms with van der Waals surface area (Å²) in [5, 5.41) is 10.6. The van der Waals surface area contributed by atoms with Gasteiger partial charge in [-0.05, 0) is 45.4 Å². The van der Waals surface area contributed by atoms with Gasteiger partial charge < -0.3 is 4.98 Å². The lowest BCUT2D eigenvalue weighted by Crippen LogP contribution is -2.15. The average Bonchev–Trinajstić information content (AvgIpc) is 2.89. The molecule has 1 atom stereocenters. The SMILES string of the molecule is Cc1cc(C)c(C#N)c(SC(C)C(=O)c2c(C)[nH]c3ccccc23)n1. The molecule has 126 valence electrons. The van der Waals surface area contributed by atoms with E-state index in [1.165, 1.54) is 11.8 Å². The highest BCUT2D eigenvalue weighted by Crippen LogP contribution is 2.31. The third-order valence-corrected chi connectivity index (χ3v) is 5.31. The molecular weight excluding hydrogens is 330 g/mol. The molecule has 0 amide bonds. The third-order valence-electron chi connectivity index (χ3n) is 4.22. The average molecular weight is 349 g/mol. The van der Waals surface area contributed by atoms with E-state index >= 15 is 0 Å². The molecule has 0 fully saturated rings. The van der Waals surface area contributed by atoms with Crippen molar-refractivity contribution in [2.45, 2.75) is 38.0 Å². The first kappa shape index (κ1) is 17.2. The monoisotopic (exact) mass is 349 g/mol. The molecule has 0 saturated carbocycles. The molecule has 0 aliphatic heterocycles. The fraction of sp³-hybridized carbons (Fsp3) is 0.250. The van der Waals surface area contributed by atoms with Gasteiger partial charge in [0.05, 0.1) is 10.8 Å². The molecule has 2 aromatic heterocycles. The zero-order chi connectivity index (χ0) is 18.1. The Morgan fingerprint density at radius 1 is 1.28 bits per heavy atom. The number of hydrogen-bond acceptors (Lipinski definition) is 4. The highest BCUT2D eigenvalue weighted by molar-refractivity contribution is 8.00. The first-order valence-electron chi connectivity index (χ1n) is 8.09. The zero-order valence-electron chi connectivity index (χ0n) is 14.7. The number of carbonyl (C=O) groups is 1. The number of fused-ring (bicyclic) bond motifs is 1. The number of hydrogen-bond donors (Lipinski definition) is 1. The number of aryl methyl sites for hydroxylation is 3. The van der Waals surface area contributed by atoms with Crippen molar-refractivity contribution in [1.82, 2.24) is 9.97 Å². The van der Waals surface area contributed by atoms with E-state index in [0.29, 0.717) is 10.6 Å². The van der Waals surface area contributed by atoms with Gasteiger partial charge in [-0.25, -0.2) is 4.98 Å². The normalized spacial score (nSPS) is 12.1. The summed E-state index contributed by atoms with van der Waals surface area (Å²) in [7, 11) is 0. The number of H-pyrrole nitrogens is 1. The molecule has 0 saturated heterocycles. The Balaban J connectivity index is 1.97. The van der Waals surface area contributed by atoms with E-state index in [9.17, 15) is 10.1 Å². The molecule has 1 aromatic carbocycles. The molecule has 0 radical (unpaired) electrons. The van der Waals surface area contributed by atoms with Crippen molar-refractivity contribution >= 4 is 28.4 Å². The number of aromatic amines is 1. The fourth-order valence-corrected chi connectivity index (χ4v) is 4.12. The molecule has 0 spiro atoms. The number of carbonyl (C=O) groups excluding carboxylic acids is 1. The number of para-hydroxylation sites is 1. The second kappa shape index (κ2) is 6.73. The van der Waals surface area contributed by atoms with Crippen LogP contribution >= 0.6 is 11.8 Å². The van der Waals surface area contributed by atoms with Crippen molar-refractivity contribution in [3.05, 3.63) is 58.4 Å². The van der Waals surface area contributed by atoms with Crippen LogP contribution in [0.1, 0.15) is 39.8 Å². The van der Waals surface area contributed by atoms with Crippen LogP contribution < -0.4 is 0 Å². The summed E-state index contributed by atoms with van der Waals surface area (Å²) in [5.74, 6) is 0.0461. The molecular formula is C20H19N3OS. The van der Waals surface area contributed by atoms with Gasteiger partial charge in [0.1, 0.15) is 11.1 Å². The van der Waals surface area contributed by atoms with Gasteiger partial charge in [0.15, 0.2) is 5.78 Å². The second-order valence-corrected chi connectivity index (χ2v) is 7.50. The standard InChI is InChI=1S/C20H19N3OS/c1-11-9-12(2)22-20(16(11)10-21)25-14(4)19(24)18-13(3)23-17-8-6-5-7-15(17)18/h5-9,14,23H,1-4H3. The van der Waals surface area contributed by atoms with Gasteiger partial charge in [-0.1, -0.05) is 30.0 Å². The van der Waals surface area contributed by atoms with Crippen LogP contribution in [-0.2, 0) is 0 Å². The van der Waals surface area contributed by atoms with Crippen molar-refractivity contribution in [3.63, 3.8) is 0 Å². The Bertz CT molecular complexity index is 1010. The van der Waals surface area contributed by atoms with Crippen LogP contribution in [0.3, 0.4) is 0 Å². The number of nitriles is 1. The van der Waals surface area contributed by atoms with Gasteiger partial charge in [-0.15, -0.1) is 0 Å². The number of nitrogens with zero attached hydrogens (tertiary/aromatic N) is 2. The molecule has 0 bridgehead atoms. The Hall–Kier alpha value is -2.58. The molecule has 0 aliphatic carbocycles. The van der Waals surface area contributed by atoms with Crippen molar-refractivity contribution in [1.29, 1.82) is 5.26 Å². The van der Waals surface area contributed by atoms with Crippen LogP contribution in [-0.4, -0.2) is 21.0 Å². The first-order chi connectivity index (χ1) is 11.9. The van der Waals surface area contributed by atoms with Crippen LogP contribution in [0.4, 0.5) is 0 Å². The second-order valence-electron chi connectivity index (χ2n) is 6.17. The summed E-state index contributed by atoms with van der Waals surface area (Å²) in [6, 6.07) is 11.9. The molecule has 4 nitrogen and oxygen atoms in total. The van der Waals surface area contributed by atoms with Crippen LogP contribution in [0.15, 0.2) is 35.4 Å². The van der Waals surface area contributed by atoms with Gasteiger partial charge in [0.25, 0.3) is 0 Å². The van der Waals surface area contributed by atoms with Crippen molar-refractivity contribution in [2.75, 3.05) is 0 Å². The summed E-state index contributed by atoms with van der Waals surface area (Å²) in [5.41, 5.74) is 4.84. The number of thioether (sulfide) groups is 1. The first-order valence-corrected chi connectivity index (χ1v) is 8.97. The molecule has 5 heteroatoms.